The molecule has 2 aromatic rings. The monoisotopic (exact) mass is 554 g/mol. The lowest BCUT2D eigenvalue weighted by molar-refractivity contribution is -0.123. The van der Waals surface area contributed by atoms with Gasteiger partial charge in [-0.15, -0.1) is 0 Å². The van der Waals surface area contributed by atoms with Crippen LogP contribution in [-0.2, 0) is 11.2 Å². The number of benzene rings is 2. The zero-order chi connectivity index (χ0) is 22.6. The molecule has 0 fully saturated rings. The lowest BCUT2D eigenvalue weighted by atomic mass is 10.2. The van der Waals surface area contributed by atoms with Crippen molar-refractivity contribution < 1.29 is 19.1 Å². The van der Waals surface area contributed by atoms with Gasteiger partial charge in [-0.25, -0.2) is 0 Å². The van der Waals surface area contributed by atoms with Crippen molar-refractivity contribution in [1.29, 1.82) is 0 Å². The summed E-state index contributed by atoms with van der Waals surface area (Å²) in [6.07, 6.45) is 5.42. The molecule has 0 aromatic heterocycles. The smallest absolute Gasteiger partial charge is 0.276 e. The van der Waals surface area contributed by atoms with E-state index in [0.717, 1.165) is 29.3 Å². The Morgan fingerprint density at radius 2 is 1.58 bits per heavy atom. The molecule has 0 radical (unpaired) electrons. The van der Waals surface area contributed by atoms with E-state index >= 15 is 0 Å². The van der Waals surface area contributed by atoms with E-state index < -0.39 is 11.8 Å². The van der Waals surface area contributed by atoms with Gasteiger partial charge in [0.1, 0.15) is 11.5 Å². The Bertz CT molecular complexity index is 890. The summed E-state index contributed by atoms with van der Waals surface area (Å²) in [5.41, 5.74) is 6.30. The molecule has 8 heteroatoms. The van der Waals surface area contributed by atoms with Gasteiger partial charge in [0.05, 0.1) is 15.6 Å². The van der Waals surface area contributed by atoms with E-state index in [0.29, 0.717) is 28.1 Å². The number of aryl methyl sites for hydroxylation is 1. The number of hydrogen-bond acceptors (Lipinski definition) is 4. The lowest BCUT2D eigenvalue weighted by Gasteiger charge is -2.12. The molecule has 0 aliphatic carbocycles. The first-order valence-corrected chi connectivity index (χ1v) is 12.0. The molecule has 0 spiro atoms. The Hall–Kier alpha value is -2.06. The minimum atomic E-state index is -0.467. The van der Waals surface area contributed by atoms with Crippen LogP contribution in [0, 0.1) is 0 Å². The number of carbonyl (C=O) groups is 2. The highest BCUT2D eigenvalue weighted by Gasteiger charge is 2.11. The maximum Gasteiger partial charge on any atom is 0.276 e. The Kier molecular flexibility index (Phi) is 10.9. The number of unbranched alkanes of at least 4 members (excludes halogenated alkanes) is 3. The van der Waals surface area contributed by atoms with Crippen molar-refractivity contribution in [3.63, 3.8) is 0 Å². The summed E-state index contributed by atoms with van der Waals surface area (Å²) >= 11 is 6.86. The Morgan fingerprint density at radius 3 is 2.26 bits per heavy atom. The van der Waals surface area contributed by atoms with Gasteiger partial charge in [0, 0.05) is 5.56 Å². The molecule has 6 nitrogen and oxygen atoms in total. The molecule has 0 heterocycles. The van der Waals surface area contributed by atoms with Crippen LogP contribution in [0.5, 0.6) is 11.5 Å². The summed E-state index contributed by atoms with van der Waals surface area (Å²) in [5, 5.41) is 0. The molecule has 0 aliphatic heterocycles. The SMILES string of the molecule is CCCCCCOc1ccc(C(=O)NNC(=O)COc2ccc(CC)cc2Br)cc1Br. The van der Waals surface area contributed by atoms with Gasteiger partial charge in [-0.05, 0) is 80.6 Å². The van der Waals surface area contributed by atoms with Gasteiger partial charge >= 0.3 is 0 Å². The minimum Gasteiger partial charge on any atom is -0.492 e. The van der Waals surface area contributed by atoms with Gasteiger partial charge in [0.15, 0.2) is 6.61 Å². The second-order valence-electron chi connectivity index (χ2n) is 6.96. The van der Waals surface area contributed by atoms with Crippen molar-refractivity contribution in [3.05, 3.63) is 56.5 Å². The second-order valence-corrected chi connectivity index (χ2v) is 8.67. The lowest BCUT2D eigenvalue weighted by Crippen LogP contribution is -2.43. The van der Waals surface area contributed by atoms with Crippen molar-refractivity contribution in [1.82, 2.24) is 10.9 Å². The number of nitrogens with one attached hydrogen (secondary N) is 2. The van der Waals surface area contributed by atoms with Crippen LogP contribution in [0.3, 0.4) is 0 Å². The van der Waals surface area contributed by atoms with Gasteiger partial charge in [-0.2, -0.15) is 0 Å². The fourth-order valence-electron chi connectivity index (χ4n) is 2.73. The zero-order valence-corrected chi connectivity index (χ0v) is 21.0. The summed E-state index contributed by atoms with van der Waals surface area (Å²) in [6.45, 7) is 4.64. The van der Waals surface area contributed by atoms with E-state index in [-0.39, 0.29) is 6.61 Å². The van der Waals surface area contributed by atoms with Crippen molar-refractivity contribution in [3.8, 4) is 11.5 Å². The van der Waals surface area contributed by atoms with E-state index in [1.165, 1.54) is 12.8 Å². The molecule has 2 N–H and O–H groups in total. The summed E-state index contributed by atoms with van der Waals surface area (Å²) < 4.78 is 12.7. The number of halogens is 2. The number of rotatable bonds is 11. The fourth-order valence-corrected chi connectivity index (χ4v) is 3.76. The highest BCUT2D eigenvalue weighted by atomic mass is 79.9. The third kappa shape index (κ3) is 8.53. The summed E-state index contributed by atoms with van der Waals surface area (Å²) in [4.78, 5) is 24.3. The van der Waals surface area contributed by atoms with Crippen LogP contribution in [0.25, 0.3) is 0 Å². The predicted molar refractivity (Wildman–Crippen MR) is 128 cm³/mol. The summed E-state index contributed by atoms with van der Waals surface area (Å²) in [5.74, 6) is 0.348. The third-order valence-electron chi connectivity index (χ3n) is 4.53. The molecule has 2 aromatic carbocycles. The van der Waals surface area contributed by atoms with Crippen LogP contribution in [0.4, 0.5) is 0 Å². The van der Waals surface area contributed by atoms with Crippen molar-refractivity contribution in [2.75, 3.05) is 13.2 Å². The van der Waals surface area contributed by atoms with E-state index in [4.69, 9.17) is 9.47 Å². The van der Waals surface area contributed by atoms with E-state index in [1.54, 1.807) is 24.3 Å². The average Bonchev–Trinajstić information content (AvgIpc) is 2.77. The minimum absolute atomic E-state index is 0.223. The molecule has 31 heavy (non-hydrogen) atoms. The Morgan fingerprint density at radius 1 is 0.871 bits per heavy atom. The molecule has 0 unspecified atom stereocenters. The normalized spacial score (nSPS) is 10.5. The average molecular weight is 556 g/mol. The standard InChI is InChI=1S/C23H28Br2N2O4/c1-3-5-6-7-12-30-20-11-9-17(14-19(20)25)23(29)27-26-22(28)15-31-21-10-8-16(4-2)13-18(21)24/h8-11,13-14H,3-7,12,15H2,1-2H3,(H,26,28)(H,27,29). The molecular weight excluding hydrogens is 528 g/mol. The highest BCUT2D eigenvalue weighted by molar-refractivity contribution is 9.10. The molecule has 0 bridgehead atoms. The van der Waals surface area contributed by atoms with Crippen molar-refractivity contribution >= 4 is 43.7 Å². The first-order valence-electron chi connectivity index (χ1n) is 10.4. The van der Waals surface area contributed by atoms with Crippen molar-refractivity contribution in [2.45, 2.75) is 46.0 Å². The summed E-state index contributed by atoms with van der Waals surface area (Å²) in [6, 6.07) is 10.7. The number of ether oxygens (including phenoxy) is 2. The topological polar surface area (TPSA) is 76.7 Å². The maximum atomic E-state index is 12.3. The van der Waals surface area contributed by atoms with Gasteiger partial charge in [0.25, 0.3) is 11.8 Å². The fraction of sp³-hybridized carbons (Fsp3) is 0.391. The molecular formula is C23H28Br2N2O4. The largest absolute Gasteiger partial charge is 0.492 e. The highest BCUT2D eigenvalue weighted by Crippen LogP contribution is 2.27. The third-order valence-corrected chi connectivity index (χ3v) is 5.77. The van der Waals surface area contributed by atoms with E-state index in [1.807, 2.05) is 12.1 Å². The van der Waals surface area contributed by atoms with Crippen LogP contribution < -0.4 is 20.3 Å². The number of carbonyl (C=O) groups excluding carboxylic acids is 2. The summed E-state index contributed by atoms with van der Waals surface area (Å²) in [7, 11) is 0. The van der Waals surface area contributed by atoms with Gasteiger partial charge in [-0.1, -0.05) is 39.2 Å². The second kappa shape index (κ2) is 13.4. The first-order chi connectivity index (χ1) is 14.9. The van der Waals surface area contributed by atoms with Gasteiger partial charge in [-0.3, -0.25) is 20.4 Å². The van der Waals surface area contributed by atoms with Crippen LogP contribution in [-0.4, -0.2) is 25.0 Å². The molecule has 168 valence electrons. The molecule has 0 atom stereocenters. The molecule has 0 aliphatic rings. The molecule has 0 saturated heterocycles. The Labute approximate surface area is 200 Å². The van der Waals surface area contributed by atoms with Crippen molar-refractivity contribution in [2.24, 2.45) is 0 Å². The molecule has 2 rings (SSSR count). The van der Waals surface area contributed by atoms with Gasteiger partial charge < -0.3 is 9.47 Å². The van der Waals surface area contributed by atoms with Gasteiger partial charge in [0.2, 0.25) is 0 Å². The maximum absolute atomic E-state index is 12.3. The van der Waals surface area contributed by atoms with Crippen LogP contribution in [0.15, 0.2) is 45.3 Å². The first kappa shape index (κ1) is 25.2. The zero-order valence-electron chi connectivity index (χ0n) is 17.8. The predicted octanol–water partition coefficient (Wildman–Crippen LogP) is 5.57. The van der Waals surface area contributed by atoms with Crippen LogP contribution >= 0.6 is 31.9 Å². The van der Waals surface area contributed by atoms with Crippen LogP contribution in [0.1, 0.15) is 55.5 Å². The quantitative estimate of drug-likeness (QED) is 0.280. The molecule has 0 saturated carbocycles. The number of hydrazine groups is 1. The van der Waals surface area contributed by atoms with E-state index in [9.17, 15) is 9.59 Å². The number of amides is 2. The Balaban J connectivity index is 1.78. The number of hydrogen-bond donors (Lipinski definition) is 2. The van der Waals surface area contributed by atoms with E-state index in [2.05, 4.69) is 56.6 Å². The van der Waals surface area contributed by atoms with Crippen LogP contribution in [0.2, 0.25) is 0 Å². The molecule has 2 amide bonds.